The fourth-order valence-electron chi connectivity index (χ4n) is 7.33. The van der Waals surface area contributed by atoms with Crippen LogP contribution in [0.15, 0.2) is 66.9 Å². The number of nitrogens with zero attached hydrogens (tertiary/aromatic N) is 4. The molecule has 0 saturated carbocycles. The third-order valence-electron chi connectivity index (χ3n) is 10.3. The van der Waals surface area contributed by atoms with Crippen LogP contribution in [0.5, 0.6) is 5.75 Å². The number of hydrogen-bond acceptors (Lipinski definition) is 11. The fraction of sp³-hybridized carbons (Fsp3) is 0.341. The van der Waals surface area contributed by atoms with Crippen LogP contribution >= 0.6 is 18.7 Å². The lowest BCUT2D eigenvalue weighted by atomic mass is 10.0. The van der Waals surface area contributed by atoms with E-state index in [0.29, 0.717) is 70.2 Å². The molecular formula is C41H44ClN8O5P. The van der Waals surface area contributed by atoms with Crippen LogP contribution in [0.2, 0.25) is 5.02 Å². The van der Waals surface area contributed by atoms with Gasteiger partial charge in [-0.25, -0.2) is 4.98 Å². The minimum atomic E-state index is -2.55. The highest BCUT2D eigenvalue weighted by atomic mass is 35.5. The predicted octanol–water partition coefficient (Wildman–Crippen LogP) is 5.64. The number of rotatable bonds is 11. The number of methoxy groups -OCH3 is 1. The van der Waals surface area contributed by atoms with E-state index in [1.807, 2.05) is 48.5 Å². The summed E-state index contributed by atoms with van der Waals surface area (Å²) in [4.78, 5) is 50.0. The normalized spacial score (nSPS) is 17.2. The average Bonchev–Trinajstić information content (AvgIpc) is 3.52. The Morgan fingerprint density at radius 2 is 1.80 bits per heavy atom. The number of nitrogens with one attached hydrogen (secondary N) is 4. The van der Waals surface area contributed by atoms with E-state index in [-0.39, 0.29) is 18.2 Å². The van der Waals surface area contributed by atoms with Crippen molar-refractivity contribution in [3.05, 3.63) is 88.6 Å². The number of carbonyl (C=O) groups is 3. The smallest absolute Gasteiger partial charge is 0.255 e. The van der Waals surface area contributed by atoms with Crippen molar-refractivity contribution in [3.8, 4) is 17.6 Å². The van der Waals surface area contributed by atoms with E-state index in [1.165, 1.54) is 6.20 Å². The second kappa shape index (κ2) is 16.8. The molecule has 3 aliphatic rings. The Labute approximate surface area is 331 Å². The highest BCUT2D eigenvalue weighted by molar-refractivity contribution is 7.70. The second-order valence-corrected chi connectivity index (χ2v) is 18.0. The molecule has 1 aromatic heterocycles. The first-order valence-corrected chi connectivity index (χ1v) is 21.6. The third kappa shape index (κ3) is 8.68. The zero-order chi connectivity index (χ0) is 39.4. The Bertz CT molecular complexity index is 2280. The first kappa shape index (κ1) is 38.8. The summed E-state index contributed by atoms with van der Waals surface area (Å²) in [5.74, 6) is 6.96. The largest absolute Gasteiger partial charge is 0.494 e. The Morgan fingerprint density at radius 1 is 1.00 bits per heavy atom. The van der Waals surface area contributed by atoms with Gasteiger partial charge in [-0.05, 0) is 74.6 Å². The quantitative estimate of drug-likeness (QED) is 0.0646. The molecule has 0 radical (unpaired) electrons. The average molecular weight is 795 g/mol. The molecular weight excluding hydrogens is 751 g/mol. The monoisotopic (exact) mass is 794 g/mol. The minimum Gasteiger partial charge on any atom is -0.494 e. The molecule has 4 heterocycles. The predicted molar refractivity (Wildman–Crippen MR) is 219 cm³/mol. The van der Waals surface area contributed by atoms with Crippen molar-refractivity contribution in [2.75, 3.05) is 55.6 Å². The van der Waals surface area contributed by atoms with Gasteiger partial charge in [0.05, 0.1) is 24.7 Å². The summed E-state index contributed by atoms with van der Waals surface area (Å²) in [5, 5.41) is 13.5. The lowest BCUT2D eigenvalue weighted by Crippen LogP contribution is -2.52. The van der Waals surface area contributed by atoms with Crippen LogP contribution in [0.3, 0.4) is 0 Å². The maximum Gasteiger partial charge on any atom is 0.255 e. The number of aromatic nitrogens is 2. The number of amides is 3. The van der Waals surface area contributed by atoms with E-state index >= 15 is 0 Å². The maximum absolute atomic E-state index is 13.1. The van der Waals surface area contributed by atoms with Gasteiger partial charge >= 0.3 is 0 Å². The summed E-state index contributed by atoms with van der Waals surface area (Å²) < 4.78 is 18.6. The Kier molecular flexibility index (Phi) is 11.6. The van der Waals surface area contributed by atoms with E-state index in [9.17, 15) is 18.9 Å². The standard InChI is InChI=1S/C41H44ClN8O5P/c1-55-35-23-28(14-15-32(35)46-41-44-24-31(42)38(48-41)45-33-12-4-5-13-36(33)56(2,3)54)49-21-18-27(19-22-49)43-20-7-6-9-26-10-8-11-29-30(26)25-50(40(29)53)34-16-17-37(51)47-39(34)52/h4-5,8,10-15,23-24,27,34,43H,7,16-22,25H2,1-3H3,(H,47,51,52)(H2,44,45,46,48). The van der Waals surface area contributed by atoms with E-state index in [1.54, 1.807) is 31.4 Å². The van der Waals surface area contributed by atoms with Crippen LogP contribution in [0, 0.1) is 11.8 Å². The SMILES string of the molecule is COc1cc(N2CCC(NCCC#Cc3cccc4c3CN(C3CCC(=O)NC3=O)C4=O)CC2)ccc1Nc1ncc(Cl)c(Nc2ccccc2P(C)(C)=O)n1. The third-order valence-corrected chi connectivity index (χ3v) is 12.1. The van der Waals surface area contributed by atoms with Gasteiger partial charge in [0.2, 0.25) is 17.8 Å². The summed E-state index contributed by atoms with van der Waals surface area (Å²) in [5.41, 5.74) is 4.63. The molecule has 0 aliphatic carbocycles. The van der Waals surface area contributed by atoms with Crippen LogP contribution in [0.25, 0.3) is 0 Å². The van der Waals surface area contributed by atoms with E-state index < -0.39 is 19.1 Å². The maximum atomic E-state index is 13.1. The Hall–Kier alpha value is -5.41. The molecule has 56 heavy (non-hydrogen) atoms. The topological polar surface area (TPSA) is 158 Å². The molecule has 4 aromatic rings. The van der Waals surface area contributed by atoms with Crippen molar-refractivity contribution in [2.24, 2.45) is 0 Å². The molecule has 0 bridgehead atoms. The molecule has 7 rings (SSSR count). The number of benzene rings is 3. The number of carbonyl (C=O) groups excluding carboxylic acids is 3. The van der Waals surface area contributed by atoms with E-state index in [0.717, 1.165) is 49.3 Å². The van der Waals surface area contributed by atoms with Gasteiger partial charge in [0.1, 0.15) is 24.0 Å². The molecule has 1 atom stereocenters. The molecule has 3 aliphatic heterocycles. The van der Waals surface area contributed by atoms with Gasteiger partial charge in [-0.15, -0.1) is 0 Å². The summed E-state index contributed by atoms with van der Waals surface area (Å²) in [7, 11) is -0.921. The zero-order valence-corrected chi connectivity index (χ0v) is 33.2. The van der Waals surface area contributed by atoms with Crippen LogP contribution in [-0.4, -0.2) is 84.7 Å². The molecule has 0 spiro atoms. The summed E-state index contributed by atoms with van der Waals surface area (Å²) in [6.07, 6.45) is 4.68. The number of para-hydroxylation sites is 1. The Balaban J connectivity index is 0.905. The van der Waals surface area contributed by atoms with Crippen molar-refractivity contribution in [3.63, 3.8) is 0 Å². The van der Waals surface area contributed by atoms with E-state index in [2.05, 4.69) is 54.0 Å². The minimum absolute atomic E-state index is 0.196. The van der Waals surface area contributed by atoms with Gasteiger partial charge in [-0.1, -0.05) is 41.6 Å². The molecule has 3 amide bonds. The second-order valence-electron chi connectivity index (χ2n) is 14.4. The van der Waals surface area contributed by atoms with Crippen molar-refractivity contribution in [1.29, 1.82) is 0 Å². The Morgan fingerprint density at radius 3 is 2.57 bits per heavy atom. The number of anilines is 5. The molecule has 1 unspecified atom stereocenters. The number of imide groups is 1. The lowest BCUT2D eigenvalue weighted by molar-refractivity contribution is -0.136. The van der Waals surface area contributed by atoms with Gasteiger partial charge in [-0.2, -0.15) is 4.98 Å². The number of fused-ring (bicyclic) bond motifs is 1. The van der Waals surface area contributed by atoms with Crippen LogP contribution < -0.4 is 36.2 Å². The molecule has 13 nitrogen and oxygen atoms in total. The van der Waals surface area contributed by atoms with Gasteiger partial charge in [0.25, 0.3) is 5.91 Å². The molecule has 2 fully saturated rings. The van der Waals surface area contributed by atoms with Crippen molar-refractivity contribution >= 4 is 70.6 Å². The fourth-order valence-corrected chi connectivity index (χ4v) is 8.63. The van der Waals surface area contributed by atoms with Crippen molar-refractivity contribution in [1.82, 2.24) is 25.5 Å². The van der Waals surface area contributed by atoms with Crippen LogP contribution in [0.1, 0.15) is 53.6 Å². The highest BCUT2D eigenvalue weighted by Crippen LogP contribution is 2.39. The van der Waals surface area contributed by atoms with Crippen LogP contribution in [-0.2, 0) is 20.7 Å². The molecule has 4 N–H and O–H groups in total. The molecule has 290 valence electrons. The van der Waals surface area contributed by atoms with E-state index in [4.69, 9.17) is 16.3 Å². The highest BCUT2D eigenvalue weighted by Gasteiger charge is 2.39. The van der Waals surface area contributed by atoms with Gasteiger partial charge in [0, 0.05) is 73.2 Å². The van der Waals surface area contributed by atoms with Gasteiger partial charge in [-0.3, -0.25) is 19.7 Å². The number of hydrogen-bond donors (Lipinski definition) is 4. The summed E-state index contributed by atoms with van der Waals surface area (Å²) in [6.45, 7) is 6.27. The van der Waals surface area contributed by atoms with Gasteiger partial charge < -0.3 is 35.1 Å². The van der Waals surface area contributed by atoms with Gasteiger partial charge in [0.15, 0.2) is 5.82 Å². The first-order chi connectivity index (χ1) is 27.0. The number of halogens is 1. The lowest BCUT2D eigenvalue weighted by Gasteiger charge is -2.34. The van der Waals surface area contributed by atoms with Crippen LogP contribution in [0.4, 0.5) is 28.8 Å². The van der Waals surface area contributed by atoms with Crippen molar-refractivity contribution in [2.45, 2.75) is 50.7 Å². The number of ether oxygens (including phenoxy) is 1. The zero-order valence-electron chi connectivity index (χ0n) is 31.5. The molecule has 2 saturated heterocycles. The summed E-state index contributed by atoms with van der Waals surface area (Å²) in [6, 6.07) is 18.7. The number of piperidine rings is 2. The van der Waals surface area contributed by atoms with Crippen molar-refractivity contribution < 1.29 is 23.7 Å². The molecule has 15 heteroatoms. The summed E-state index contributed by atoms with van der Waals surface area (Å²) >= 11 is 6.46. The molecule has 3 aromatic carbocycles. The first-order valence-electron chi connectivity index (χ1n) is 18.6.